The number of carbonyl (C=O) groups excluding carboxylic acids is 1. The lowest BCUT2D eigenvalue weighted by molar-refractivity contribution is -0.131. The highest BCUT2D eigenvalue weighted by atomic mass is 35.5. The minimum atomic E-state index is -0.384. The van der Waals surface area contributed by atoms with Gasteiger partial charge in [-0.05, 0) is 49.6 Å². The van der Waals surface area contributed by atoms with E-state index in [-0.39, 0.29) is 36.1 Å². The Morgan fingerprint density at radius 2 is 2.12 bits per heavy atom. The number of hydrogen-bond donors (Lipinski definition) is 2. The van der Waals surface area contributed by atoms with E-state index < -0.39 is 0 Å². The van der Waals surface area contributed by atoms with Crippen LogP contribution in [0.1, 0.15) is 44.4 Å². The van der Waals surface area contributed by atoms with E-state index in [1.54, 1.807) is 0 Å². The van der Waals surface area contributed by atoms with Gasteiger partial charge in [0.05, 0.1) is 5.41 Å². The summed E-state index contributed by atoms with van der Waals surface area (Å²) in [6.07, 6.45) is 4.03. The molecule has 3 N–H and O–H groups in total. The molecule has 1 saturated heterocycles. The number of nitrogens with one attached hydrogen (secondary N) is 1. The van der Waals surface area contributed by atoms with Gasteiger partial charge in [0.25, 0.3) is 0 Å². The zero-order valence-corrected chi connectivity index (χ0v) is 17.8. The van der Waals surface area contributed by atoms with Crippen molar-refractivity contribution in [2.45, 2.75) is 46.1 Å². The molecule has 2 heterocycles. The minimum absolute atomic E-state index is 0. The predicted molar refractivity (Wildman–Crippen MR) is 112 cm³/mol. The van der Waals surface area contributed by atoms with Gasteiger partial charge in [0, 0.05) is 31.1 Å². The van der Waals surface area contributed by atoms with Crippen molar-refractivity contribution in [3.8, 4) is 0 Å². The van der Waals surface area contributed by atoms with Crippen molar-refractivity contribution in [3.63, 3.8) is 0 Å². The molecule has 1 aromatic rings. The van der Waals surface area contributed by atoms with E-state index in [1.165, 1.54) is 24.3 Å². The maximum absolute atomic E-state index is 12.5. The molecule has 1 aromatic heterocycles. The number of hydrogen-bond acceptors (Lipinski definition) is 4. The molecule has 2 rings (SSSR count). The van der Waals surface area contributed by atoms with Crippen LogP contribution in [-0.4, -0.2) is 37.0 Å². The van der Waals surface area contributed by atoms with Crippen LogP contribution in [0.4, 0.5) is 0 Å². The largest absolute Gasteiger partial charge is 0.355 e. The van der Waals surface area contributed by atoms with Crippen LogP contribution in [0.15, 0.2) is 17.5 Å². The van der Waals surface area contributed by atoms with Crippen LogP contribution in [-0.2, 0) is 11.3 Å². The van der Waals surface area contributed by atoms with Crippen LogP contribution in [0.2, 0.25) is 0 Å². The third kappa shape index (κ3) is 6.72. The molecule has 1 aliphatic heterocycles. The lowest BCUT2D eigenvalue weighted by Gasteiger charge is -2.34. The van der Waals surface area contributed by atoms with Crippen LogP contribution < -0.4 is 11.1 Å². The number of nitrogens with zero attached hydrogens (tertiary/aromatic N) is 1. The normalized spacial score (nSPS) is 18.1. The Balaban J connectivity index is 0.00000288. The molecule has 1 unspecified atom stereocenters. The molecular formula is C18H33Cl2N3OS. The summed E-state index contributed by atoms with van der Waals surface area (Å²) in [7, 11) is 0. The fourth-order valence-corrected chi connectivity index (χ4v) is 4.21. The number of likely N-dealkylation sites (tertiary alicyclic amines) is 1. The smallest absolute Gasteiger partial charge is 0.227 e. The molecule has 1 atom stereocenters. The number of amides is 1. The average Bonchev–Trinajstić information content (AvgIpc) is 3.08. The number of halogens is 2. The van der Waals surface area contributed by atoms with E-state index in [9.17, 15) is 4.79 Å². The van der Waals surface area contributed by atoms with Gasteiger partial charge in [-0.15, -0.1) is 36.2 Å². The lowest BCUT2D eigenvalue weighted by atomic mass is 9.81. The zero-order chi connectivity index (χ0) is 16.7. The lowest BCUT2D eigenvalue weighted by Crippen LogP contribution is -2.48. The van der Waals surface area contributed by atoms with E-state index in [4.69, 9.17) is 5.73 Å². The first kappa shape index (κ1) is 24.7. The molecule has 1 fully saturated rings. The van der Waals surface area contributed by atoms with Crippen molar-refractivity contribution in [2.24, 2.45) is 17.1 Å². The van der Waals surface area contributed by atoms with E-state index in [0.717, 1.165) is 32.5 Å². The first-order valence-corrected chi connectivity index (χ1v) is 9.74. The molecule has 1 aliphatic rings. The molecule has 1 amide bonds. The first-order valence-electron chi connectivity index (χ1n) is 8.86. The summed E-state index contributed by atoms with van der Waals surface area (Å²) in [5.41, 5.74) is 5.48. The van der Waals surface area contributed by atoms with Gasteiger partial charge in [0.2, 0.25) is 5.91 Å². The summed E-state index contributed by atoms with van der Waals surface area (Å²) < 4.78 is 0. The van der Waals surface area contributed by atoms with Gasteiger partial charge in [-0.3, -0.25) is 9.69 Å². The predicted octanol–water partition coefficient (Wildman–Crippen LogP) is 3.69. The molecule has 146 valence electrons. The van der Waals surface area contributed by atoms with Gasteiger partial charge in [-0.1, -0.05) is 19.9 Å². The van der Waals surface area contributed by atoms with Gasteiger partial charge < -0.3 is 11.1 Å². The quantitative estimate of drug-likeness (QED) is 0.687. The Morgan fingerprint density at radius 3 is 2.68 bits per heavy atom. The molecule has 0 aliphatic carbocycles. The standard InChI is InChI=1S/C18H31N3OS.2ClH/c1-3-18(4-2,14-19)17(22)20-11-15-7-5-9-21(12-15)13-16-8-6-10-23-16;;/h6,8,10,15H,3-5,7,9,11-14,19H2,1-2H3,(H,20,22);2*1H. The number of thiophene rings is 1. The van der Waals surface area contributed by atoms with Crippen molar-refractivity contribution in [2.75, 3.05) is 26.2 Å². The van der Waals surface area contributed by atoms with Crippen LogP contribution in [0.3, 0.4) is 0 Å². The molecule has 0 aromatic carbocycles. The Labute approximate surface area is 168 Å². The molecule has 4 nitrogen and oxygen atoms in total. The second kappa shape index (κ2) is 12.1. The maximum atomic E-state index is 12.5. The van der Waals surface area contributed by atoms with Gasteiger partial charge in [0.15, 0.2) is 0 Å². The molecule has 0 bridgehead atoms. The maximum Gasteiger partial charge on any atom is 0.227 e. The molecular weight excluding hydrogens is 377 g/mol. The van der Waals surface area contributed by atoms with Crippen LogP contribution in [0, 0.1) is 11.3 Å². The van der Waals surface area contributed by atoms with Gasteiger partial charge >= 0.3 is 0 Å². The Hall–Kier alpha value is -0.330. The third-order valence-electron chi connectivity index (χ3n) is 5.34. The fourth-order valence-electron chi connectivity index (χ4n) is 3.46. The minimum Gasteiger partial charge on any atom is -0.355 e. The Kier molecular flexibility index (Phi) is 12.0. The van der Waals surface area contributed by atoms with Crippen molar-refractivity contribution < 1.29 is 4.79 Å². The summed E-state index contributed by atoms with van der Waals surface area (Å²) in [4.78, 5) is 16.5. The highest BCUT2D eigenvalue weighted by Gasteiger charge is 2.33. The number of piperidine rings is 1. The highest BCUT2D eigenvalue weighted by Crippen LogP contribution is 2.25. The fraction of sp³-hybridized carbons (Fsp3) is 0.722. The molecule has 0 spiro atoms. The van der Waals surface area contributed by atoms with Gasteiger partial charge in [-0.2, -0.15) is 0 Å². The summed E-state index contributed by atoms with van der Waals surface area (Å²) in [5, 5.41) is 5.32. The molecule has 7 heteroatoms. The third-order valence-corrected chi connectivity index (χ3v) is 6.20. The second-order valence-electron chi connectivity index (χ2n) is 6.72. The van der Waals surface area contributed by atoms with E-state index >= 15 is 0 Å². The van der Waals surface area contributed by atoms with Crippen molar-refractivity contribution in [3.05, 3.63) is 22.4 Å². The SMILES string of the molecule is CCC(CC)(CN)C(=O)NCC1CCCN(Cc2cccs2)C1.Cl.Cl. The van der Waals surface area contributed by atoms with E-state index in [0.29, 0.717) is 12.5 Å². The monoisotopic (exact) mass is 409 g/mol. The van der Waals surface area contributed by atoms with Crippen molar-refractivity contribution in [1.82, 2.24) is 10.2 Å². The van der Waals surface area contributed by atoms with Gasteiger partial charge in [-0.25, -0.2) is 0 Å². The first-order chi connectivity index (χ1) is 11.1. The summed E-state index contributed by atoms with van der Waals surface area (Å²) >= 11 is 1.82. The average molecular weight is 410 g/mol. The Morgan fingerprint density at radius 1 is 1.40 bits per heavy atom. The number of nitrogens with two attached hydrogens (primary N) is 1. The van der Waals surface area contributed by atoms with Crippen molar-refractivity contribution >= 4 is 42.1 Å². The summed E-state index contributed by atoms with van der Waals surface area (Å²) in [5.74, 6) is 0.692. The van der Waals surface area contributed by atoms with E-state index in [2.05, 4.69) is 41.6 Å². The Bertz CT molecular complexity index is 472. The summed E-state index contributed by atoms with van der Waals surface area (Å²) in [6, 6.07) is 4.32. The highest BCUT2D eigenvalue weighted by molar-refractivity contribution is 7.09. The van der Waals surface area contributed by atoms with Gasteiger partial charge in [0.1, 0.15) is 0 Å². The van der Waals surface area contributed by atoms with Crippen LogP contribution in [0.25, 0.3) is 0 Å². The van der Waals surface area contributed by atoms with Crippen molar-refractivity contribution in [1.29, 1.82) is 0 Å². The van der Waals surface area contributed by atoms with Crippen LogP contribution >= 0.6 is 36.2 Å². The molecule has 25 heavy (non-hydrogen) atoms. The topological polar surface area (TPSA) is 58.4 Å². The number of carbonyl (C=O) groups is 1. The van der Waals surface area contributed by atoms with Crippen LogP contribution in [0.5, 0.6) is 0 Å². The molecule has 0 saturated carbocycles. The van der Waals surface area contributed by atoms with E-state index in [1.807, 2.05) is 11.3 Å². The molecule has 0 radical (unpaired) electrons. The second-order valence-corrected chi connectivity index (χ2v) is 7.76. The summed E-state index contributed by atoms with van der Waals surface area (Å²) in [6.45, 7) is 8.60. The zero-order valence-electron chi connectivity index (χ0n) is 15.3. The number of rotatable bonds is 8.